The van der Waals surface area contributed by atoms with Gasteiger partial charge in [-0.3, -0.25) is 0 Å². The number of aliphatic hydroxyl groups is 1. The first kappa shape index (κ1) is 14.1. The Morgan fingerprint density at radius 2 is 2.00 bits per heavy atom. The Balaban J connectivity index is 4.04. The normalized spacial score (nSPS) is 13.4. The first-order chi connectivity index (χ1) is 6.76. The van der Waals surface area contributed by atoms with Crippen LogP contribution in [0.15, 0.2) is 12.2 Å². The predicted molar refractivity (Wildman–Crippen MR) is 57.5 cm³/mol. The Bertz CT molecular complexity index is 227. The summed E-state index contributed by atoms with van der Waals surface area (Å²) in [5.74, 6) is -0.508. The van der Waals surface area contributed by atoms with Crippen molar-refractivity contribution in [1.29, 1.82) is 0 Å². The number of carbonyl (C=O) groups is 1. The highest BCUT2D eigenvalue weighted by Gasteiger charge is 2.18. The number of rotatable bonds is 5. The highest BCUT2D eigenvalue weighted by molar-refractivity contribution is 5.87. The maximum atomic E-state index is 11.1. The third-order valence-electron chi connectivity index (χ3n) is 1.53. The van der Waals surface area contributed by atoms with Crippen LogP contribution in [0.2, 0.25) is 0 Å². The van der Waals surface area contributed by atoms with Crippen molar-refractivity contribution < 1.29 is 19.4 Å². The Hall–Kier alpha value is -0.870. The second kappa shape index (κ2) is 5.88. The molecule has 0 radical (unpaired) electrons. The summed E-state index contributed by atoms with van der Waals surface area (Å²) in [6.07, 6.45) is -0.631. The lowest BCUT2D eigenvalue weighted by molar-refractivity contribution is -0.153. The molecule has 0 fully saturated rings. The largest absolute Gasteiger partial charge is 0.454 e. The van der Waals surface area contributed by atoms with Gasteiger partial charge in [0, 0.05) is 5.57 Å². The van der Waals surface area contributed by atoms with Crippen LogP contribution >= 0.6 is 0 Å². The van der Waals surface area contributed by atoms with Crippen LogP contribution in [0.1, 0.15) is 27.7 Å². The van der Waals surface area contributed by atoms with E-state index in [2.05, 4.69) is 6.58 Å². The second-order valence-corrected chi connectivity index (χ2v) is 4.41. The molecule has 0 amide bonds. The lowest BCUT2D eigenvalue weighted by Crippen LogP contribution is -2.32. The highest BCUT2D eigenvalue weighted by Crippen LogP contribution is 2.09. The first-order valence-electron chi connectivity index (χ1n) is 4.87. The maximum absolute atomic E-state index is 11.1. The zero-order valence-corrected chi connectivity index (χ0v) is 9.87. The summed E-state index contributed by atoms with van der Waals surface area (Å²) in [5.41, 5.74) is -0.00696. The van der Waals surface area contributed by atoms with E-state index in [9.17, 15) is 4.79 Å². The minimum Gasteiger partial charge on any atom is -0.454 e. The Labute approximate surface area is 90.9 Å². The number of carbonyl (C=O) groups excluding carboxylic acids is 1. The zero-order chi connectivity index (χ0) is 12.1. The molecule has 0 aliphatic rings. The van der Waals surface area contributed by atoms with Gasteiger partial charge < -0.3 is 14.6 Å². The molecule has 0 saturated carbocycles. The standard InChI is InChI=1S/C11H20O4/c1-8(2)10(13)15-9(6-12)7-14-11(3,4)5/h9,12H,1,6-7H2,2-5H3. The summed E-state index contributed by atoms with van der Waals surface area (Å²) < 4.78 is 10.3. The molecule has 1 N–H and O–H groups in total. The molecule has 0 heterocycles. The van der Waals surface area contributed by atoms with E-state index >= 15 is 0 Å². The Morgan fingerprint density at radius 3 is 2.33 bits per heavy atom. The number of esters is 1. The Morgan fingerprint density at radius 1 is 1.47 bits per heavy atom. The van der Waals surface area contributed by atoms with E-state index in [0.717, 1.165) is 0 Å². The van der Waals surface area contributed by atoms with E-state index in [4.69, 9.17) is 14.6 Å². The van der Waals surface area contributed by atoms with Gasteiger partial charge in [0.1, 0.15) is 6.10 Å². The van der Waals surface area contributed by atoms with Gasteiger partial charge >= 0.3 is 5.97 Å². The van der Waals surface area contributed by atoms with E-state index in [1.165, 1.54) is 0 Å². The number of hydrogen-bond donors (Lipinski definition) is 1. The molecular formula is C11H20O4. The molecule has 0 aromatic rings. The minimum atomic E-state index is -0.631. The third-order valence-corrected chi connectivity index (χ3v) is 1.53. The smallest absolute Gasteiger partial charge is 0.333 e. The number of ether oxygens (including phenoxy) is 2. The van der Waals surface area contributed by atoms with Crippen molar-refractivity contribution >= 4 is 5.97 Å². The molecule has 0 bridgehead atoms. The molecule has 0 aromatic carbocycles. The molecule has 0 saturated heterocycles. The van der Waals surface area contributed by atoms with Gasteiger partial charge in [-0.25, -0.2) is 4.79 Å². The molecule has 4 heteroatoms. The maximum Gasteiger partial charge on any atom is 0.333 e. The van der Waals surface area contributed by atoms with E-state index < -0.39 is 12.1 Å². The molecule has 0 aliphatic carbocycles. The summed E-state index contributed by atoms with van der Waals surface area (Å²) in [5, 5.41) is 8.97. The van der Waals surface area contributed by atoms with E-state index in [-0.39, 0.29) is 18.8 Å². The molecule has 88 valence electrons. The first-order valence-corrected chi connectivity index (χ1v) is 4.87. The Kier molecular flexibility index (Phi) is 5.54. The lowest BCUT2D eigenvalue weighted by Gasteiger charge is -2.23. The van der Waals surface area contributed by atoms with Crippen LogP contribution in [0, 0.1) is 0 Å². The van der Waals surface area contributed by atoms with Gasteiger partial charge in [-0.1, -0.05) is 6.58 Å². The van der Waals surface area contributed by atoms with Gasteiger partial charge in [0.15, 0.2) is 0 Å². The van der Waals surface area contributed by atoms with Crippen molar-refractivity contribution in [3.05, 3.63) is 12.2 Å². The molecule has 0 rings (SSSR count). The summed E-state index contributed by atoms with van der Waals surface area (Å²) in [6.45, 7) is 10.6. The summed E-state index contributed by atoms with van der Waals surface area (Å²) in [4.78, 5) is 11.1. The van der Waals surface area contributed by atoms with Crippen LogP contribution < -0.4 is 0 Å². The van der Waals surface area contributed by atoms with Crippen molar-refractivity contribution in [3.63, 3.8) is 0 Å². The molecule has 0 aliphatic heterocycles. The van der Waals surface area contributed by atoms with Crippen molar-refractivity contribution in [2.75, 3.05) is 13.2 Å². The number of aliphatic hydroxyl groups excluding tert-OH is 1. The van der Waals surface area contributed by atoms with Crippen LogP contribution in [0.5, 0.6) is 0 Å². The quantitative estimate of drug-likeness (QED) is 0.555. The van der Waals surface area contributed by atoms with Gasteiger partial charge in [0.05, 0.1) is 18.8 Å². The summed E-state index contributed by atoms with van der Waals surface area (Å²) in [6, 6.07) is 0. The minimum absolute atomic E-state index is 0.180. The average Bonchev–Trinajstić information content (AvgIpc) is 2.10. The van der Waals surface area contributed by atoms with Gasteiger partial charge in [-0.15, -0.1) is 0 Å². The van der Waals surface area contributed by atoms with Crippen molar-refractivity contribution in [1.82, 2.24) is 0 Å². The molecule has 0 aromatic heterocycles. The van der Waals surface area contributed by atoms with Gasteiger partial charge in [-0.2, -0.15) is 0 Å². The van der Waals surface area contributed by atoms with Crippen LogP contribution in [0.4, 0.5) is 0 Å². The topological polar surface area (TPSA) is 55.8 Å². The van der Waals surface area contributed by atoms with Crippen molar-refractivity contribution in [2.45, 2.75) is 39.4 Å². The predicted octanol–water partition coefficient (Wildman–Crippen LogP) is 1.28. The van der Waals surface area contributed by atoms with Gasteiger partial charge in [0.25, 0.3) is 0 Å². The molecule has 1 atom stereocenters. The lowest BCUT2D eigenvalue weighted by atomic mass is 10.2. The molecule has 4 nitrogen and oxygen atoms in total. The van der Waals surface area contributed by atoms with Crippen LogP contribution in [0.3, 0.4) is 0 Å². The van der Waals surface area contributed by atoms with Crippen LogP contribution in [0.25, 0.3) is 0 Å². The average molecular weight is 216 g/mol. The van der Waals surface area contributed by atoms with Crippen LogP contribution in [-0.2, 0) is 14.3 Å². The van der Waals surface area contributed by atoms with Crippen molar-refractivity contribution in [2.24, 2.45) is 0 Å². The molecule has 0 spiro atoms. The van der Waals surface area contributed by atoms with Crippen molar-refractivity contribution in [3.8, 4) is 0 Å². The SMILES string of the molecule is C=C(C)C(=O)OC(CO)COC(C)(C)C. The van der Waals surface area contributed by atoms with E-state index in [1.54, 1.807) is 6.92 Å². The fraction of sp³-hybridized carbons (Fsp3) is 0.727. The fourth-order valence-corrected chi connectivity index (χ4v) is 0.719. The van der Waals surface area contributed by atoms with Gasteiger partial charge in [0.2, 0.25) is 0 Å². The number of hydrogen-bond acceptors (Lipinski definition) is 4. The van der Waals surface area contributed by atoms with E-state index in [1.807, 2.05) is 20.8 Å². The third kappa shape index (κ3) is 7.11. The zero-order valence-electron chi connectivity index (χ0n) is 9.87. The van der Waals surface area contributed by atoms with Crippen LogP contribution in [-0.4, -0.2) is 36.0 Å². The fourth-order valence-electron chi connectivity index (χ4n) is 0.719. The monoisotopic (exact) mass is 216 g/mol. The van der Waals surface area contributed by atoms with Gasteiger partial charge in [-0.05, 0) is 27.7 Å². The molecule has 1 unspecified atom stereocenters. The van der Waals surface area contributed by atoms with E-state index in [0.29, 0.717) is 5.57 Å². The highest BCUT2D eigenvalue weighted by atomic mass is 16.6. The summed E-state index contributed by atoms with van der Waals surface area (Å²) in [7, 11) is 0. The summed E-state index contributed by atoms with van der Waals surface area (Å²) >= 11 is 0. The molecular weight excluding hydrogens is 196 g/mol. The molecule has 15 heavy (non-hydrogen) atoms. The second-order valence-electron chi connectivity index (χ2n) is 4.41.